The van der Waals surface area contributed by atoms with Crippen LogP contribution in [0, 0.1) is 0 Å². The van der Waals surface area contributed by atoms with Gasteiger partial charge in [-0.2, -0.15) is 11.8 Å². The lowest BCUT2D eigenvalue weighted by atomic mass is 10.0. The standard InChI is InChI=1S/C13H25N3OS.2ClH/c1-2-16-6-3-11(4-7-16)15-13(17)9-12-10-18-8-5-14-12;;/h11-12,14H,2-10H2,1H3,(H,15,17);2*1H. The lowest BCUT2D eigenvalue weighted by Crippen LogP contribution is -2.47. The molecule has 0 bridgehead atoms. The molecule has 120 valence electrons. The molecule has 1 unspecified atom stereocenters. The van der Waals surface area contributed by atoms with Crippen molar-refractivity contribution in [2.45, 2.75) is 38.3 Å². The first-order valence-corrected chi connectivity index (χ1v) is 8.26. The maximum absolute atomic E-state index is 12.0. The number of thioether (sulfide) groups is 1. The highest BCUT2D eigenvalue weighted by atomic mass is 35.5. The first-order valence-electron chi connectivity index (χ1n) is 7.10. The first kappa shape index (κ1) is 20.3. The fourth-order valence-electron chi connectivity index (χ4n) is 2.65. The fraction of sp³-hybridized carbons (Fsp3) is 0.923. The third-order valence-electron chi connectivity index (χ3n) is 3.83. The van der Waals surface area contributed by atoms with Crippen molar-refractivity contribution in [3.8, 4) is 0 Å². The second-order valence-corrected chi connectivity index (χ2v) is 6.36. The average Bonchev–Trinajstić information content (AvgIpc) is 2.40. The zero-order valence-electron chi connectivity index (χ0n) is 12.1. The summed E-state index contributed by atoms with van der Waals surface area (Å²) in [4.78, 5) is 14.4. The van der Waals surface area contributed by atoms with Crippen molar-refractivity contribution in [2.24, 2.45) is 0 Å². The summed E-state index contributed by atoms with van der Waals surface area (Å²) in [5.74, 6) is 2.47. The number of hydrogen-bond acceptors (Lipinski definition) is 4. The van der Waals surface area contributed by atoms with Crippen LogP contribution in [0.5, 0.6) is 0 Å². The Morgan fingerprint density at radius 1 is 1.35 bits per heavy atom. The van der Waals surface area contributed by atoms with Gasteiger partial charge < -0.3 is 15.5 Å². The van der Waals surface area contributed by atoms with Gasteiger partial charge in [-0.15, -0.1) is 24.8 Å². The van der Waals surface area contributed by atoms with Crippen molar-refractivity contribution in [3.63, 3.8) is 0 Å². The van der Waals surface area contributed by atoms with Gasteiger partial charge in [0.2, 0.25) is 5.91 Å². The van der Waals surface area contributed by atoms with Crippen molar-refractivity contribution in [3.05, 3.63) is 0 Å². The number of nitrogens with one attached hydrogen (secondary N) is 2. The lowest BCUT2D eigenvalue weighted by Gasteiger charge is -2.32. The van der Waals surface area contributed by atoms with Crippen molar-refractivity contribution < 1.29 is 4.79 Å². The number of carbonyl (C=O) groups excluding carboxylic acids is 1. The summed E-state index contributed by atoms with van der Waals surface area (Å²) in [7, 11) is 0. The maximum atomic E-state index is 12.0. The minimum Gasteiger partial charge on any atom is -0.353 e. The average molecular weight is 344 g/mol. The van der Waals surface area contributed by atoms with Crippen LogP contribution in [0.3, 0.4) is 0 Å². The Labute approximate surface area is 139 Å². The van der Waals surface area contributed by atoms with E-state index in [1.54, 1.807) is 0 Å². The largest absolute Gasteiger partial charge is 0.353 e. The molecule has 2 rings (SSSR count). The van der Waals surface area contributed by atoms with Crippen LogP contribution in [0.4, 0.5) is 0 Å². The molecule has 4 nitrogen and oxygen atoms in total. The van der Waals surface area contributed by atoms with Crippen LogP contribution in [0.25, 0.3) is 0 Å². The molecular formula is C13H27Cl2N3OS. The van der Waals surface area contributed by atoms with Gasteiger partial charge >= 0.3 is 0 Å². The molecule has 1 atom stereocenters. The molecule has 2 aliphatic heterocycles. The van der Waals surface area contributed by atoms with Gasteiger partial charge in [0.15, 0.2) is 0 Å². The van der Waals surface area contributed by atoms with Crippen LogP contribution in [-0.2, 0) is 4.79 Å². The summed E-state index contributed by atoms with van der Waals surface area (Å²) in [6, 6.07) is 0.774. The van der Waals surface area contributed by atoms with E-state index >= 15 is 0 Å². The SMILES string of the molecule is CCN1CCC(NC(=O)CC2CSCCN2)CC1.Cl.Cl. The van der Waals surface area contributed by atoms with Gasteiger partial charge in [0.1, 0.15) is 0 Å². The van der Waals surface area contributed by atoms with Crippen LogP contribution >= 0.6 is 36.6 Å². The topological polar surface area (TPSA) is 44.4 Å². The Hall–Kier alpha value is 0.320. The molecule has 2 saturated heterocycles. The number of hydrogen-bond donors (Lipinski definition) is 2. The van der Waals surface area contributed by atoms with E-state index in [4.69, 9.17) is 0 Å². The molecule has 0 aliphatic carbocycles. The normalized spacial score (nSPS) is 24.4. The number of nitrogens with zero attached hydrogens (tertiary/aromatic N) is 1. The Kier molecular flexibility index (Phi) is 11.1. The summed E-state index contributed by atoms with van der Waals surface area (Å²) in [6.07, 6.45) is 2.85. The summed E-state index contributed by atoms with van der Waals surface area (Å²) < 4.78 is 0. The Morgan fingerprint density at radius 2 is 2.05 bits per heavy atom. The van der Waals surface area contributed by atoms with Gasteiger partial charge in [-0.25, -0.2) is 0 Å². The molecule has 20 heavy (non-hydrogen) atoms. The Morgan fingerprint density at radius 3 is 2.60 bits per heavy atom. The summed E-state index contributed by atoms with van der Waals surface area (Å²) in [5.41, 5.74) is 0. The molecule has 2 fully saturated rings. The van der Waals surface area contributed by atoms with Gasteiger partial charge in [-0.3, -0.25) is 4.79 Å². The molecule has 0 saturated carbocycles. The van der Waals surface area contributed by atoms with Gasteiger partial charge in [0.25, 0.3) is 0 Å². The van der Waals surface area contributed by atoms with E-state index in [1.807, 2.05) is 11.8 Å². The van der Waals surface area contributed by atoms with E-state index < -0.39 is 0 Å². The number of carbonyl (C=O) groups is 1. The smallest absolute Gasteiger partial charge is 0.221 e. The zero-order chi connectivity index (χ0) is 12.8. The molecule has 0 aromatic rings. The molecule has 0 spiro atoms. The third kappa shape index (κ3) is 6.85. The third-order valence-corrected chi connectivity index (χ3v) is 4.96. The first-order chi connectivity index (χ1) is 8.78. The molecule has 1 amide bonds. The fourth-order valence-corrected chi connectivity index (χ4v) is 3.60. The second kappa shape index (κ2) is 11.0. The molecule has 0 aromatic carbocycles. The summed E-state index contributed by atoms with van der Waals surface area (Å²) >= 11 is 1.95. The minimum absolute atomic E-state index is 0. The predicted octanol–water partition coefficient (Wildman–Crippen LogP) is 1.53. The van der Waals surface area contributed by atoms with E-state index in [0.717, 1.165) is 44.8 Å². The van der Waals surface area contributed by atoms with Crippen LogP contribution < -0.4 is 10.6 Å². The molecule has 0 aromatic heterocycles. The zero-order valence-corrected chi connectivity index (χ0v) is 14.5. The van der Waals surface area contributed by atoms with Crippen molar-refractivity contribution in [1.29, 1.82) is 0 Å². The number of likely N-dealkylation sites (tertiary alicyclic amines) is 1. The molecule has 2 heterocycles. The Balaban J connectivity index is 0.00000180. The van der Waals surface area contributed by atoms with E-state index in [1.165, 1.54) is 5.75 Å². The minimum atomic E-state index is 0. The molecule has 2 N–H and O–H groups in total. The van der Waals surface area contributed by atoms with Crippen molar-refractivity contribution in [2.75, 3.05) is 37.7 Å². The highest BCUT2D eigenvalue weighted by Gasteiger charge is 2.22. The van der Waals surface area contributed by atoms with Crippen LogP contribution in [0.2, 0.25) is 0 Å². The van der Waals surface area contributed by atoms with Crippen LogP contribution in [0.1, 0.15) is 26.2 Å². The Bertz CT molecular complexity index is 270. The number of piperidine rings is 1. The monoisotopic (exact) mass is 343 g/mol. The molecule has 7 heteroatoms. The van der Waals surface area contributed by atoms with E-state index in [2.05, 4.69) is 22.5 Å². The van der Waals surface area contributed by atoms with Crippen molar-refractivity contribution in [1.82, 2.24) is 15.5 Å². The molecule has 0 radical (unpaired) electrons. The predicted molar refractivity (Wildman–Crippen MR) is 91.5 cm³/mol. The summed E-state index contributed by atoms with van der Waals surface area (Å²) in [5, 5.41) is 6.61. The van der Waals surface area contributed by atoms with Gasteiger partial charge in [0, 0.05) is 49.6 Å². The molecular weight excluding hydrogens is 317 g/mol. The number of halogens is 2. The van der Waals surface area contributed by atoms with E-state index in [9.17, 15) is 4.79 Å². The van der Waals surface area contributed by atoms with E-state index in [-0.39, 0.29) is 30.7 Å². The van der Waals surface area contributed by atoms with Gasteiger partial charge in [0.05, 0.1) is 0 Å². The van der Waals surface area contributed by atoms with Crippen LogP contribution in [0.15, 0.2) is 0 Å². The summed E-state index contributed by atoms with van der Waals surface area (Å²) in [6.45, 7) is 6.62. The van der Waals surface area contributed by atoms with Gasteiger partial charge in [-0.1, -0.05) is 6.92 Å². The van der Waals surface area contributed by atoms with Gasteiger partial charge in [-0.05, 0) is 19.4 Å². The van der Waals surface area contributed by atoms with Crippen LogP contribution in [-0.4, -0.2) is 60.6 Å². The maximum Gasteiger partial charge on any atom is 0.221 e. The number of rotatable bonds is 4. The van der Waals surface area contributed by atoms with E-state index in [0.29, 0.717) is 18.5 Å². The number of amides is 1. The highest BCUT2D eigenvalue weighted by molar-refractivity contribution is 7.99. The quantitative estimate of drug-likeness (QED) is 0.812. The molecule has 2 aliphatic rings. The van der Waals surface area contributed by atoms with Crippen molar-refractivity contribution >= 4 is 42.5 Å². The highest BCUT2D eigenvalue weighted by Crippen LogP contribution is 2.12. The lowest BCUT2D eigenvalue weighted by molar-refractivity contribution is -0.122. The second-order valence-electron chi connectivity index (χ2n) is 5.21.